The highest BCUT2D eigenvalue weighted by Gasteiger charge is 2.21. The van der Waals surface area contributed by atoms with E-state index in [1.807, 2.05) is 26.0 Å². The number of anilines is 1. The number of nitrogens with one attached hydrogen (secondary N) is 1. The zero-order chi connectivity index (χ0) is 23.1. The van der Waals surface area contributed by atoms with Crippen molar-refractivity contribution in [3.8, 4) is 6.07 Å². The lowest BCUT2D eigenvalue weighted by atomic mass is 10.1. The number of ether oxygens (including phenoxy) is 1. The number of esters is 1. The minimum absolute atomic E-state index is 0.0773. The number of nitrogens with zero attached hydrogens (tertiary/aromatic N) is 2. The third kappa shape index (κ3) is 5.92. The zero-order valence-electron chi connectivity index (χ0n) is 18.5. The van der Waals surface area contributed by atoms with Crippen LogP contribution in [-0.2, 0) is 20.9 Å². The number of ketones is 1. The summed E-state index contributed by atoms with van der Waals surface area (Å²) in [6, 6.07) is 10.2. The second kappa shape index (κ2) is 10.4. The highest BCUT2D eigenvalue weighted by molar-refractivity contribution is 6.01. The fourth-order valence-corrected chi connectivity index (χ4v) is 3.14. The summed E-state index contributed by atoms with van der Waals surface area (Å²) in [5.41, 5.74) is 3.58. The van der Waals surface area contributed by atoms with Crippen LogP contribution in [-0.4, -0.2) is 28.3 Å². The fraction of sp³-hybridized carbons (Fsp3) is 0.333. The highest BCUT2D eigenvalue weighted by Crippen LogP contribution is 2.19. The van der Waals surface area contributed by atoms with E-state index in [2.05, 4.69) is 16.8 Å². The van der Waals surface area contributed by atoms with Crippen LogP contribution in [0.2, 0.25) is 0 Å². The number of Topliss-reactive ketones (excluding diaryl/α,β-unsaturated/α-hetero) is 1. The highest BCUT2D eigenvalue weighted by atomic mass is 16.5. The summed E-state index contributed by atoms with van der Waals surface area (Å²) < 4.78 is 7.32. The molecular formula is C24H27N3O4. The molecule has 7 nitrogen and oxygen atoms in total. The molecule has 1 aromatic heterocycles. The molecule has 1 amide bonds. The van der Waals surface area contributed by atoms with Gasteiger partial charge in [-0.2, -0.15) is 5.26 Å². The molecule has 0 fully saturated rings. The van der Waals surface area contributed by atoms with Crippen LogP contribution in [0.25, 0.3) is 6.08 Å². The van der Waals surface area contributed by atoms with Crippen molar-refractivity contribution < 1.29 is 19.1 Å². The lowest BCUT2D eigenvalue weighted by Crippen LogP contribution is -2.30. The summed E-state index contributed by atoms with van der Waals surface area (Å²) in [6.45, 7) is 9.72. The molecule has 0 aliphatic heterocycles. The van der Waals surface area contributed by atoms with Crippen LogP contribution in [0.5, 0.6) is 0 Å². The van der Waals surface area contributed by atoms with E-state index < -0.39 is 18.0 Å². The fourth-order valence-electron chi connectivity index (χ4n) is 3.14. The van der Waals surface area contributed by atoms with E-state index in [9.17, 15) is 19.6 Å². The van der Waals surface area contributed by atoms with Gasteiger partial charge in [-0.05, 0) is 76.1 Å². The number of hydrogen-bond donors (Lipinski definition) is 1. The van der Waals surface area contributed by atoms with E-state index in [4.69, 9.17) is 4.74 Å². The minimum Gasteiger partial charge on any atom is -0.448 e. The molecule has 7 heteroatoms. The molecule has 0 saturated carbocycles. The molecule has 2 aromatic rings. The molecule has 1 atom stereocenters. The second-order valence-electron chi connectivity index (χ2n) is 7.32. The van der Waals surface area contributed by atoms with Crippen molar-refractivity contribution in [2.45, 2.75) is 53.7 Å². The molecule has 0 saturated heterocycles. The maximum Gasteiger partial charge on any atom is 0.349 e. The summed E-state index contributed by atoms with van der Waals surface area (Å²) >= 11 is 0. The topological polar surface area (TPSA) is 101 Å². The number of carbonyl (C=O) groups is 3. The average molecular weight is 421 g/mol. The first-order valence-electron chi connectivity index (χ1n) is 10.1. The average Bonchev–Trinajstić information content (AvgIpc) is 2.99. The van der Waals surface area contributed by atoms with Gasteiger partial charge in [-0.25, -0.2) is 4.79 Å². The smallest absolute Gasteiger partial charge is 0.349 e. The Morgan fingerprint density at radius 1 is 1.23 bits per heavy atom. The Balaban J connectivity index is 2.08. The van der Waals surface area contributed by atoms with Gasteiger partial charge in [0.05, 0.1) is 0 Å². The molecule has 0 aliphatic carbocycles. The summed E-state index contributed by atoms with van der Waals surface area (Å²) in [4.78, 5) is 36.1. The van der Waals surface area contributed by atoms with Crippen molar-refractivity contribution in [3.05, 3.63) is 58.4 Å². The first-order chi connectivity index (χ1) is 14.7. The third-order valence-corrected chi connectivity index (χ3v) is 4.91. The third-order valence-electron chi connectivity index (χ3n) is 4.91. The number of carbonyl (C=O) groups excluding carboxylic acids is 3. The van der Waals surface area contributed by atoms with Crippen molar-refractivity contribution >= 4 is 29.4 Å². The van der Waals surface area contributed by atoms with Crippen LogP contribution in [0.15, 0.2) is 35.9 Å². The van der Waals surface area contributed by atoms with Crippen molar-refractivity contribution in [2.24, 2.45) is 0 Å². The summed E-state index contributed by atoms with van der Waals surface area (Å²) in [5, 5.41) is 12.1. The number of benzene rings is 1. The van der Waals surface area contributed by atoms with Gasteiger partial charge in [0, 0.05) is 29.2 Å². The first kappa shape index (κ1) is 23.6. The molecule has 0 bridgehead atoms. The monoisotopic (exact) mass is 421 g/mol. The first-order valence-corrected chi connectivity index (χ1v) is 10.1. The summed E-state index contributed by atoms with van der Waals surface area (Å²) in [7, 11) is 0. The summed E-state index contributed by atoms with van der Waals surface area (Å²) in [6.07, 6.45) is 1.35. The number of nitriles is 1. The molecule has 0 aliphatic rings. The van der Waals surface area contributed by atoms with Crippen molar-refractivity contribution in [1.82, 2.24) is 4.57 Å². The molecule has 0 radical (unpaired) electrons. The Bertz CT molecular complexity index is 1060. The standard InChI is InChI=1S/C24H27N3O4/c1-6-11-27-15(2)12-20(16(27)3)13-21(14-25)24(30)31-18(5)23(29)26-22-9-7-19(8-10-22)17(4)28/h7-10,12-13,18H,6,11H2,1-5H3,(H,26,29)/b21-13+/t18-/m1/s1. The van der Waals surface area contributed by atoms with Gasteiger partial charge in [0.25, 0.3) is 5.91 Å². The molecule has 1 aromatic carbocycles. The van der Waals surface area contributed by atoms with Crippen LogP contribution < -0.4 is 5.32 Å². The number of aryl methyl sites for hydroxylation is 1. The minimum atomic E-state index is -1.11. The summed E-state index contributed by atoms with van der Waals surface area (Å²) in [5.74, 6) is -1.48. The van der Waals surface area contributed by atoms with Crippen LogP contribution in [0.1, 0.15) is 54.5 Å². The Morgan fingerprint density at radius 2 is 1.87 bits per heavy atom. The van der Waals surface area contributed by atoms with E-state index >= 15 is 0 Å². The number of hydrogen-bond acceptors (Lipinski definition) is 5. The molecule has 2 rings (SSSR count). The Labute approximate surface area is 182 Å². The van der Waals surface area contributed by atoms with Gasteiger partial charge in [0.1, 0.15) is 11.6 Å². The van der Waals surface area contributed by atoms with E-state index in [-0.39, 0.29) is 11.4 Å². The van der Waals surface area contributed by atoms with E-state index in [1.165, 1.54) is 19.9 Å². The van der Waals surface area contributed by atoms with Crippen molar-refractivity contribution in [2.75, 3.05) is 5.32 Å². The predicted molar refractivity (Wildman–Crippen MR) is 118 cm³/mol. The van der Waals surface area contributed by atoms with Gasteiger partial charge in [0.15, 0.2) is 11.9 Å². The molecular weight excluding hydrogens is 394 g/mol. The molecule has 162 valence electrons. The second-order valence-corrected chi connectivity index (χ2v) is 7.32. The van der Waals surface area contributed by atoms with Gasteiger partial charge >= 0.3 is 5.97 Å². The number of amides is 1. The molecule has 1 heterocycles. The van der Waals surface area contributed by atoms with E-state index in [0.717, 1.165) is 29.9 Å². The molecule has 0 unspecified atom stereocenters. The maximum absolute atomic E-state index is 12.5. The van der Waals surface area contributed by atoms with Crippen LogP contribution in [0.4, 0.5) is 5.69 Å². The predicted octanol–water partition coefficient (Wildman–Crippen LogP) is 4.19. The van der Waals surface area contributed by atoms with Crippen LogP contribution >= 0.6 is 0 Å². The van der Waals surface area contributed by atoms with Gasteiger partial charge in [-0.15, -0.1) is 0 Å². The van der Waals surface area contributed by atoms with Crippen LogP contribution in [0, 0.1) is 25.2 Å². The van der Waals surface area contributed by atoms with Crippen molar-refractivity contribution in [1.29, 1.82) is 5.26 Å². The van der Waals surface area contributed by atoms with E-state index in [0.29, 0.717) is 11.3 Å². The molecule has 31 heavy (non-hydrogen) atoms. The van der Waals surface area contributed by atoms with E-state index in [1.54, 1.807) is 24.3 Å². The maximum atomic E-state index is 12.5. The number of rotatable bonds is 8. The van der Waals surface area contributed by atoms with Gasteiger partial charge < -0.3 is 14.6 Å². The molecule has 1 N–H and O–H groups in total. The largest absolute Gasteiger partial charge is 0.448 e. The van der Waals surface area contributed by atoms with Crippen LogP contribution in [0.3, 0.4) is 0 Å². The quantitative estimate of drug-likeness (QED) is 0.298. The number of aromatic nitrogens is 1. The Kier molecular flexibility index (Phi) is 7.92. The zero-order valence-corrected chi connectivity index (χ0v) is 18.5. The molecule has 0 spiro atoms. The van der Waals surface area contributed by atoms with Gasteiger partial charge in [-0.3, -0.25) is 9.59 Å². The SMILES string of the molecule is CCCn1c(C)cc(/C=C(\C#N)C(=O)O[C@H](C)C(=O)Nc2ccc(C(C)=O)cc2)c1C. The lowest BCUT2D eigenvalue weighted by molar-refractivity contribution is -0.148. The Morgan fingerprint density at radius 3 is 2.42 bits per heavy atom. The van der Waals surface area contributed by atoms with Gasteiger partial charge in [-0.1, -0.05) is 6.92 Å². The normalized spacial score (nSPS) is 12.1. The van der Waals surface area contributed by atoms with Gasteiger partial charge in [0.2, 0.25) is 0 Å². The lowest BCUT2D eigenvalue weighted by Gasteiger charge is -2.13. The van der Waals surface area contributed by atoms with Crippen molar-refractivity contribution in [3.63, 3.8) is 0 Å². The Hall–Kier alpha value is -3.66.